The van der Waals surface area contributed by atoms with Gasteiger partial charge in [-0.2, -0.15) is 0 Å². The minimum atomic E-state index is 0.539. The van der Waals surface area contributed by atoms with Crippen LogP contribution in [0.1, 0.15) is 37.2 Å². The third kappa shape index (κ3) is 2.70. The molecule has 2 aliphatic heterocycles. The minimum absolute atomic E-state index is 0.539. The van der Waals surface area contributed by atoms with E-state index in [0.29, 0.717) is 11.3 Å². The first kappa shape index (κ1) is 13.1. The van der Waals surface area contributed by atoms with Crippen molar-refractivity contribution in [2.75, 3.05) is 33.2 Å². The molecule has 0 radical (unpaired) electrons. The van der Waals surface area contributed by atoms with E-state index in [1.54, 1.807) is 5.56 Å². The van der Waals surface area contributed by atoms with Gasteiger partial charge in [0.25, 0.3) is 0 Å². The van der Waals surface area contributed by atoms with Crippen LogP contribution in [-0.2, 0) is 0 Å². The summed E-state index contributed by atoms with van der Waals surface area (Å²) in [5.74, 6) is 0.703. The number of nitrogens with one attached hydrogen (secondary N) is 1. The van der Waals surface area contributed by atoms with Gasteiger partial charge in [-0.15, -0.1) is 0 Å². The predicted octanol–water partition coefficient (Wildman–Crippen LogP) is 2.87. The van der Waals surface area contributed by atoms with Crippen molar-refractivity contribution in [2.24, 2.45) is 5.41 Å². The molecule has 2 heterocycles. The highest BCUT2D eigenvalue weighted by molar-refractivity contribution is 5.24. The normalized spacial score (nSPS) is 33.2. The Balaban J connectivity index is 1.87. The summed E-state index contributed by atoms with van der Waals surface area (Å²) in [7, 11) is 2.28. The van der Waals surface area contributed by atoms with Gasteiger partial charge in [0.05, 0.1) is 0 Å². The van der Waals surface area contributed by atoms with E-state index in [4.69, 9.17) is 0 Å². The van der Waals surface area contributed by atoms with Crippen LogP contribution in [0.15, 0.2) is 30.3 Å². The standard InChI is InChI=1S/C17H26N2/c1-19-12-5-8-17(10-13-19)9-11-18-14-16(17)15-6-3-2-4-7-15/h2-4,6-7,16,18H,5,8-14H2,1H3. The third-order valence-electron chi connectivity index (χ3n) is 5.30. The van der Waals surface area contributed by atoms with Gasteiger partial charge in [-0.25, -0.2) is 0 Å². The van der Waals surface area contributed by atoms with Crippen molar-refractivity contribution in [3.63, 3.8) is 0 Å². The van der Waals surface area contributed by atoms with Crippen LogP contribution in [0.5, 0.6) is 0 Å². The summed E-state index contributed by atoms with van der Waals surface area (Å²) in [4.78, 5) is 2.51. The molecule has 2 saturated heterocycles. The van der Waals surface area contributed by atoms with Crippen molar-refractivity contribution in [3.05, 3.63) is 35.9 Å². The van der Waals surface area contributed by atoms with E-state index in [9.17, 15) is 0 Å². The SMILES string of the molecule is CN1CCCC2(CCNCC2c2ccccc2)CC1. The van der Waals surface area contributed by atoms with Crippen molar-refractivity contribution < 1.29 is 0 Å². The molecule has 1 spiro atoms. The highest BCUT2D eigenvalue weighted by Crippen LogP contribution is 2.48. The number of nitrogens with zero attached hydrogens (tertiary/aromatic N) is 1. The molecule has 0 saturated carbocycles. The second kappa shape index (κ2) is 5.64. The van der Waals surface area contributed by atoms with E-state index in [1.807, 2.05) is 0 Å². The molecule has 2 atom stereocenters. The lowest BCUT2D eigenvalue weighted by Crippen LogP contribution is -2.44. The average molecular weight is 258 g/mol. The van der Waals surface area contributed by atoms with Crippen LogP contribution in [-0.4, -0.2) is 38.1 Å². The molecular weight excluding hydrogens is 232 g/mol. The van der Waals surface area contributed by atoms with E-state index < -0.39 is 0 Å². The Hall–Kier alpha value is -0.860. The molecule has 1 aromatic carbocycles. The van der Waals surface area contributed by atoms with E-state index in [-0.39, 0.29) is 0 Å². The number of benzene rings is 1. The molecule has 0 aliphatic carbocycles. The van der Waals surface area contributed by atoms with Crippen molar-refractivity contribution in [3.8, 4) is 0 Å². The molecule has 0 amide bonds. The molecule has 3 rings (SSSR count). The summed E-state index contributed by atoms with van der Waals surface area (Å²) in [5.41, 5.74) is 2.08. The fraction of sp³-hybridized carbons (Fsp3) is 0.647. The van der Waals surface area contributed by atoms with Gasteiger partial charge in [-0.1, -0.05) is 30.3 Å². The van der Waals surface area contributed by atoms with Crippen LogP contribution in [0.4, 0.5) is 0 Å². The molecule has 2 aliphatic rings. The predicted molar refractivity (Wildman–Crippen MR) is 80.5 cm³/mol. The molecule has 2 nitrogen and oxygen atoms in total. The lowest BCUT2D eigenvalue weighted by Gasteiger charge is -2.45. The van der Waals surface area contributed by atoms with E-state index >= 15 is 0 Å². The number of hydrogen-bond donors (Lipinski definition) is 1. The monoisotopic (exact) mass is 258 g/mol. The van der Waals surface area contributed by atoms with Crippen LogP contribution in [0.2, 0.25) is 0 Å². The van der Waals surface area contributed by atoms with E-state index in [2.05, 4.69) is 47.6 Å². The molecular formula is C17H26N2. The molecule has 2 unspecified atom stereocenters. The molecule has 2 fully saturated rings. The zero-order chi connectivity index (χ0) is 13.1. The maximum absolute atomic E-state index is 3.62. The summed E-state index contributed by atoms with van der Waals surface area (Å²) in [6.07, 6.45) is 5.48. The molecule has 1 N–H and O–H groups in total. The van der Waals surface area contributed by atoms with E-state index in [0.717, 1.165) is 6.54 Å². The zero-order valence-corrected chi connectivity index (χ0v) is 12.1. The number of hydrogen-bond acceptors (Lipinski definition) is 2. The lowest BCUT2D eigenvalue weighted by molar-refractivity contribution is 0.137. The fourth-order valence-corrected chi connectivity index (χ4v) is 4.08. The zero-order valence-electron chi connectivity index (χ0n) is 12.1. The average Bonchev–Trinajstić information content (AvgIpc) is 2.64. The van der Waals surface area contributed by atoms with Crippen molar-refractivity contribution >= 4 is 0 Å². The lowest BCUT2D eigenvalue weighted by atomic mass is 9.64. The van der Waals surface area contributed by atoms with Gasteiger partial charge in [0.2, 0.25) is 0 Å². The first-order valence-electron chi connectivity index (χ1n) is 7.74. The summed E-state index contributed by atoms with van der Waals surface area (Å²) < 4.78 is 0. The number of rotatable bonds is 1. The Labute approximate surface area is 117 Å². The second-order valence-corrected chi connectivity index (χ2v) is 6.44. The van der Waals surface area contributed by atoms with Gasteiger partial charge in [0.1, 0.15) is 0 Å². The smallest absolute Gasteiger partial charge is 0.00255 e. The molecule has 2 heteroatoms. The highest BCUT2D eigenvalue weighted by Gasteiger charge is 2.41. The second-order valence-electron chi connectivity index (χ2n) is 6.44. The van der Waals surface area contributed by atoms with Gasteiger partial charge in [-0.3, -0.25) is 0 Å². The minimum Gasteiger partial charge on any atom is -0.316 e. The van der Waals surface area contributed by atoms with Crippen LogP contribution in [0.25, 0.3) is 0 Å². The molecule has 0 aromatic heterocycles. The Morgan fingerprint density at radius 2 is 1.95 bits per heavy atom. The quantitative estimate of drug-likeness (QED) is 0.833. The van der Waals surface area contributed by atoms with Gasteiger partial charge in [-0.05, 0) is 63.3 Å². The topological polar surface area (TPSA) is 15.3 Å². The molecule has 104 valence electrons. The molecule has 0 bridgehead atoms. The van der Waals surface area contributed by atoms with Crippen LogP contribution >= 0.6 is 0 Å². The van der Waals surface area contributed by atoms with Gasteiger partial charge < -0.3 is 10.2 Å². The van der Waals surface area contributed by atoms with Crippen molar-refractivity contribution in [1.82, 2.24) is 10.2 Å². The fourth-order valence-electron chi connectivity index (χ4n) is 4.08. The van der Waals surface area contributed by atoms with Gasteiger partial charge >= 0.3 is 0 Å². The molecule has 1 aromatic rings. The summed E-state index contributed by atoms with van der Waals surface area (Å²) >= 11 is 0. The summed E-state index contributed by atoms with van der Waals surface area (Å²) in [6.45, 7) is 4.90. The van der Waals surface area contributed by atoms with Gasteiger partial charge in [0, 0.05) is 12.5 Å². The number of likely N-dealkylation sites (tertiary alicyclic amines) is 1. The third-order valence-corrected chi connectivity index (χ3v) is 5.30. The van der Waals surface area contributed by atoms with Crippen molar-refractivity contribution in [2.45, 2.75) is 31.6 Å². The Bertz CT molecular complexity index is 403. The van der Waals surface area contributed by atoms with Crippen LogP contribution in [0, 0.1) is 5.41 Å². The van der Waals surface area contributed by atoms with Crippen LogP contribution in [0.3, 0.4) is 0 Å². The number of piperidine rings is 1. The highest BCUT2D eigenvalue weighted by atomic mass is 15.1. The largest absolute Gasteiger partial charge is 0.316 e. The maximum atomic E-state index is 3.62. The Morgan fingerprint density at radius 3 is 2.79 bits per heavy atom. The van der Waals surface area contributed by atoms with E-state index in [1.165, 1.54) is 45.3 Å². The van der Waals surface area contributed by atoms with Crippen LogP contribution < -0.4 is 5.32 Å². The maximum Gasteiger partial charge on any atom is 0.00255 e. The Kier molecular flexibility index (Phi) is 3.90. The summed E-state index contributed by atoms with van der Waals surface area (Å²) in [6, 6.07) is 11.2. The first-order chi connectivity index (χ1) is 9.30. The Morgan fingerprint density at radius 1 is 1.11 bits per heavy atom. The first-order valence-corrected chi connectivity index (χ1v) is 7.74. The van der Waals surface area contributed by atoms with Gasteiger partial charge in [0.15, 0.2) is 0 Å². The molecule has 19 heavy (non-hydrogen) atoms. The summed E-state index contributed by atoms with van der Waals surface area (Å²) in [5, 5.41) is 3.62. The van der Waals surface area contributed by atoms with Crippen molar-refractivity contribution in [1.29, 1.82) is 0 Å².